The van der Waals surface area contributed by atoms with Gasteiger partial charge >= 0.3 is 6.03 Å². The van der Waals surface area contributed by atoms with Crippen LogP contribution >= 0.6 is 11.8 Å². The zero-order valence-corrected chi connectivity index (χ0v) is 22.7. The Hall–Kier alpha value is -3.40. The van der Waals surface area contributed by atoms with Crippen molar-refractivity contribution in [2.45, 2.75) is 36.6 Å². The number of nitrogens with zero attached hydrogens (tertiary/aromatic N) is 3. The molecule has 38 heavy (non-hydrogen) atoms. The van der Waals surface area contributed by atoms with Gasteiger partial charge in [-0.15, -0.1) is 0 Å². The number of amides is 2. The van der Waals surface area contributed by atoms with Crippen LogP contribution in [0.1, 0.15) is 23.1 Å². The lowest BCUT2D eigenvalue weighted by Crippen LogP contribution is -2.40. The van der Waals surface area contributed by atoms with E-state index in [-0.39, 0.29) is 23.2 Å². The largest absolute Gasteiger partial charge is 0.379 e. The smallest absolute Gasteiger partial charge is 0.322 e. The number of carbonyl (C=O) groups is 1. The number of ether oxygens (including phenoxy) is 1. The molecule has 1 aliphatic rings. The lowest BCUT2D eigenvalue weighted by molar-refractivity contribution is -0.385. The van der Waals surface area contributed by atoms with Crippen LogP contribution in [0, 0.1) is 24.0 Å². The number of carbonyl (C=O) groups excluding carboxylic acids is 1. The number of benzene rings is 3. The molecular formula is C29H34N4O4S. The second-order valence-corrected chi connectivity index (χ2v) is 10.6. The van der Waals surface area contributed by atoms with E-state index in [2.05, 4.69) is 10.2 Å². The lowest BCUT2D eigenvalue weighted by Gasteiger charge is -2.29. The van der Waals surface area contributed by atoms with E-state index in [0.29, 0.717) is 12.2 Å². The molecule has 0 radical (unpaired) electrons. The maximum atomic E-state index is 13.5. The van der Waals surface area contributed by atoms with Gasteiger partial charge in [-0.3, -0.25) is 15.0 Å². The van der Waals surface area contributed by atoms with Crippen molar-refractivity contribution in [2.24, 2.45) is 0 Å². The third-order valence-electron chi connectivity index (χ3n) is 6.46. The summed E-state index contributed by atoms with van der Waals surface area (Å²) >= 11 is 1.55. The number of non-ortho nitro benzene ring substituents is 1. The first-order valence-electron chi connectivity index (χ1n) is 12.8. The quantitative estimate of drug-likeness (QED) is 0.249. The molecule has 0 bridgehead atoms. The molecule has 0 aromatic heterocycles. The van der Waals surface area contributed by atoms with Gasteiger partial charge in [-0.25, -0.2) is 4.79 Å². The number of hydrogen-bond acceptors (Lipinski definition) is 6. The molecule has 0 aliphatic carbocycles. The average Bonchev–Trinajstić information content (AvgIpc) is 2.92. The van der Waals surface area contributed by atoms with Gasteiger partial charge in [-0.05, 0) is 56.2 Å². The summed E-state index contributed by atoms with van der Waals surface area (Å²) in [6, 6.07) is 20.5. The summed E-state index contributed by atoms with van der Waals surface area (Å²) in [5.74, 6) is 0. The van der Waals surface area contributed by atoms with Crippen LogP contribution in [0.5, 0.6) is 0 Å². The van der Waals surface area contributed by atoms with Crippen LogP contribution in [0.15, 0.2) is 76.5 Å². The van der Waals surface area contributed by atoms with Crippen molar-refractivity contribution in [2.75, 3.05) is 44.7 Å². The summed E-state index contributed by atoms with van der Waals surface area (Å²) in [5, 5.41) is 14.6. The highest BCUT2D eigenvalue weighted by Gasteiger charge is 2.20. The normalized spacial score (nSPS) is 13.7. The third kappa shape index (κ3) is 8.05. The lowest BCUT2D eigenvalue weighted by atomic mass is 10.1. The summed E-state index contributed by atoms with van der Waals surface area (Å²) in [4.78, 5) is 30.7. The van der Waals surface area contributed by atoms with Gasteiger partial charge in [0.1, 0.15) is 0 Å². The number of nitro benzene ring substituents is 1. The van der Waals surface area contributed by atoms with Crippen LogP contribution in [0.4, 0.5) is 16.2 Å². The minimum Gasteiger partial charge on any atom is -0.379 e. The number of nitrogens with one attached hydrogen (secondary N) is 1. The van der Waals surface area contributed by atoms with Gasteiger partial charge < -0.3 is 15.0 Å². The Morgan fingerprint density at radius 2 is 1.68 bits per heavy atom. The van der Waals surface area contributed by atoms with Crippen molar-refractivity contribution in [3.05, 3.63) is 93.5 Å². The number of anilines is 1. The summed E-state index contributed by atoms with van der Waals surface area (Å²) in [6.45, 7) is 8.90. The second kappa shape index (κ2) is 13.4. The molecule has 1 aliphatic heterocycles. The Morgan fingerprint density at radius 1 is 1.03 bits per heavy atom. The van der Waals surface area contributed by atoms with Crippen molar-refractivity contribution in [1.82, 2.24) is 9.80 Å². The minimum absolute atomic E-state index is 0.0143. The fourth-order valence-electron chi connectivity index (χ4n) is 4.24. The first kappa shape index (κ1) is 27.6. The number of morpholine rings is 1. The molecule has 3 aromatic carbocycles. The van der Waals surface area contributed by atoms with Crippen molar-refractivity contribution in [1.29, 1.82) is 0 Å². The predicted octanol–water partition coefficient (Wildman–Crippen LogP) is 6.12. The highest BCUT2D eigenvalue weighted by atomic mass is 32.2. The number of aryl methyl sites for hydroxylation is 2. The number of hydrogen-bond donors (Lipinski definition) is 1. The van der Waals surface area contributed by atoms with Crippen LogP contribution in [0.25, 0.3) is 0 Å². The van der Waals surface area contributed by atoms with E-state index >= 15 is 0 Å². The standard InChI is InChI=1S/C29H34N4O4S/c1-22-4-8-25(9-5-22)30-29(34)32(15-3-14-31-16-18-37-19-17-31)21-24-20-26(33(35)36)10-13-28(24)38-27-11-6-23(2)7-12-27/h4-13,20H,3,14-19,21H2,1-2H3,(H,30,34). The van der Waals surface area contributed by atoms with Crippen LogP contribution in [0.2, 0.25) is 0 Å². The maximum absolute atomic E-state index is 13.5. The van der Waals surface area contributed by atoms with Crippen molar-refractivity contribution < 1.29 is 14.5 Å². The molecule has 9 heteroatoms. The van der Waals surface area contributed by atoms with Crippen LogP contribution in [-0.4, -0.2) is 60.1 Å². The van der Waals surface area contributed by atoms with Crippen molar-refractivity contribution >= 4 is 29.2 Å². The van der Waals surface area contributed by atoms with Gasteiger partial charge in [0.25, 0.3) is 5.69 Å². The monoisotopic (exact) mass is 534 g/mol. The first-order valence-corrected chi connectivity index (χ1v) is 13.6. The fraction of sp³-hybridized carbons (Fsp3) is 0.345. The van der Waals surface area contributed by atoms with E-state index < -0.39 is 0 Å². The molecule has 4 rings (SSSR count). The van der Waals surface area contributed by atoms with E-state index in [9.17, 15) is 14.9 Å². The van der Waals surface area contributed by atoms with Gasteiger partial charge in [0.15, 0.2) is 0 Å². The Labute approximate surface area is 228 Å². The minimum atomic E-state index is -0.390. The maximum Gasteiger partial charge on any atom is 0.322 e. The number of rotatable bonds is 10. The summed E-state index contributed by atoms with van der Waals surface area (Å²) < 4.78 is 5.44. The molecule has 1 fully saturated rings. The molecule has 0 saturated carbocycles. The van der Waals surface area contributed by atoms with E-state index in [1.807, 2.05) is 62.4 Å². The van der Waals surface area contributed by atoms with E-state index in [0.717, 1.165) is 65.8 Å². The van der Waals surface area contributed by atoms with Gasteiger partial charge in [0.05, 0.1) is 18.1 Å². The molecule has 1 heterocycles. The van der Waals surface area contributed by atoms with Gasteiger partial charge in [0.2, 0.25) is 0 Å². The van der Waals surface area contributed by atoms with Crippen LogP contribution in [-0.2, 0) is 11.3 Å². The molecule has 0 atom stereocenters. The van der Waals surface area contributed by atoms with Gasteiger partial charge in [0, 0.05) is 60.3 Å². The summed E-state index contributed by atoms with van der Waals surface area (Å²) in [6.07, 6.45) is 0.788. The van der Waals surface area contributed by atoms with E-state index in [1.54, 1.807) is 28.8 Å². The molecule has 1 saturated heterocycles. The zero-order valence-electron chi connectivity index (χ0n) is 21.9. The topological polar surface area (TPSA) is 88.0 Å². The second-order valence-electron chi connectivity index (χ2n) is 9.49. The Balaban J connectivity index is 1.56. The SMILES string of the molecule is Cc1ccc(NC(=O)N(CCCN2CCOCC2)Cc2cc([N+](=O)[O-])ccc2Sc2ccc(C)cc2)cc1. The summed E-state index contributed by atoms with van der Waals surface area (Å²) in [5.41, 5.74) is 3.75. The predicted molar refractivity (Wildman–Crippen MR) is 151 cm³/mol. The van der Waals surface area contributed by atoms with Crippen molar-refractivity contribution in [3.8, 4) is 0 Å². The molecular weight excluding hydrogens is 500 g/mol. The molecule has 0 spiro atoms. The average molecular weight is 535 g/mol. The first-order chi connectivity index (χ1) is 18.4. The number of nitro groups is 1. The summed E-state index contributed by atoms with van der Waals surface area (Å²) in [7, 11) is 0. The Kier molecular flexibility index (Phi) is 9.75. The molecule has 8 nitrogen and oxygen atoms in total. The molecule has 2 amide bonds. The molecule has 3 aromatic rings. The van der Waals surface area contributed by atoms with Gasteiger partial charge in [-0.1, -0.05) is 47.2 Å². The zero-order chi connectivity index (χ0) is 26.9. The van der Waals surface area contributed by atoms with Crippen LogP contribution in [0.3, 0.4) is 0 Å². The molecule has 0 unspecified atom stereocenters. The highest BCUT2D eigenvalue weighted by Crippen LogP contribution is 2.33. The van der Waals surface area contributed by atoms with E-state index in [4.69, 9.17) is 4.74 Å². The fourth-order valence-corrected chi connectivity index (χ4v) is 5.16. The Morgan fingerprint density at radius 3 is 2.34 bits per heavy atom. The van der Waals surface area contributed by atoms with Crippen molar-refractivity contribution in [3.63, 3.8) is 0 Å². The van der Waals surface area contributed by atoms with Crippen LogP contribution < -0.4 is 5.32 Å². The number of urea groups is 1. The molecule has 200 valence electrons. The third-order valence-corrected chi connectivity index (χ3v) is 7.59. The van der Waals surface area contributed by atoms with E-state index in [1.165, 1.54) is 6.07 Å². The highest BCUT2D eigenvalue weighted by molar-refractivity contribution is 7.99. The Bertz CT molecular complexity index is 1230. The van der Waals surface area contributed by atoms with Gasteiger partial charge in [-0.2, -0.15) is 0 Å². The molecule has 1 N–H and O–H groups in total.